The maximum atomic E-state index is 12.8. The van der Waals surface area contributed by atoms with E-state index < -0.39 is 16.1 Å². The van der Waals surface area contributed by atoms with Gasteiger partial charge in [0.15, 0.2) is 0 Å². The molecule has 0 saturated heterocycles. The molecule has 0 saturated carbocycles. The molecule has 0 aromatic heterocycles. The molecule has 0 aliphatic carbocycles. The van der Waals surface area contributed by atoms with Crippen LogP contribution in [0.25, 0.3) is 0 Å². The van der Waals surface area contributed by atoms with Crippen molar-refractivity contribution in [2.45, 2.75) is 65.2 Å². The summed E-state index contributed by atoms with van der Waals surface area (Å²) < 4.78 is 25.6. The molecule has 0 unspecified atom stereocenters. The Balaban J connectivity index is 0.000000230. The van der Waals surface area contributed by atoms with E-state index in [1.54, 1.807) is 0 Å². The van der Waals surface area contributed by atoms with E-state index >= 15 is 0 Å². The molecule has 42 heavy (non-hydrogen) atoms. The minimum atomic E-state index is -1.19. The van der Waals surface area contributed by atoms with E-state index in [1.165, 1.54) is 45.8 Å². The van der Waals surface area contributed by atoms with Crippen LogP contribution < -0.4 is 21.0 Å². The second-order valence-corrected chi connectivity index (χ2v) is 23.2. The molecule has 0 aliphatic heterocycles. The van der Waals surface area contributed by atoms with Crippen LogP contribution in [-0.2, 0) is 25.9 Å². The van der Waals surface area contributed by atoms with Gasteiger partial charge in [-0.15, -0.1) is 0 Å². The van der Waals surface area contributed by atoms with Crippen LogP contribution in [0.15, 0.2) is 97.1 Å². The van der Waals surface area contributed by atoms with E-state index in [4.69, 9.17) is 0 Å². The first kappa shape index (κ1) is 33.6. The summed E-state index contributed by atoms with van der Waals surface area (Å²) in [5.74, 6) is -0.344. The number of halogens is 2. The molecule has 2 nitrogen and oxygen atoms in total. The summed E-state index contributed by atoms with van der Waals surface area (Å²) in [7, 11) is -2.39. The molecule has 6 heteroatoms. The number of rotatable bonds is 12. The van der Waals surface area contributed by atoms with Gasteiger partial charge >= 0.3 is 0 Å². The zero-order chi connectivity index (χ0) is 30.6. The molecular weight excluding hydrogens is 555 g/mol. The lowest BCUT2D eigenvalue weighted by Gasteiger charge is -2.16. The van der Waals surface area contributed by atoms with Gasteiger partial charge in [-0.3, -0.25) is 0 Å². The molecule has 0 spiro atoms. The Labute approximate surface area is 254 Å². The first-order valence-corrected chi connectivity index (χ1v) is 22.0. The van der Waals surface area contributed by atoms with E-state index in [0.717, 1.165) is 50.1 Å². The maximum Gasteiger partial charge on any atom is 0.123 e. The maximum absolute atomic E-state index is 12.8. The molecule has 0 amide bonds. The van der Waals surface area contributed by atoms with Gasteiger partial charge in [-0.2, -0.15) is 0 Å². The van der Waals surface area contributed by atoms with Crippen molar-refractivity contribution in [3.05, 3.63) is 131 Å². The van der Waals surface area contributed by atoms with Crippen LogP contribution >= 0.6 is 0 Å². The summed E-state index contributed by atoms with van der Waals surface area (Å²) in [5, 5.41) is 9.88. The quantitative estimate of drug-likeness (QED) is 0.130. The Bertz CT molecular complexity index is 1220. The second kappa shape index (κ2) is 16.1. The summed E-state index contributed by atoms with van der Waals surface area (Å²) in [6.45, 7) is 17.8. The van der Waals surface area contributed by atoms with Crippen molar-refractivity contribution in [1.29, 1.82) is 0 Å². The largest absolute Gasteiger partial charge is 0.312 e. The molecule has 0 aliphatic rings. The standard InChI is InChI=1S/2C18H24FNSi/c2*1-21(2,3)18-10-6-16(7-11-18)14-20-13-12-15-4-8-17(19)9-5-15/h2*4-11,20H,12-14H2,1-3H3. The highest BCUT2D eigenvalue weighted by atomic mass is 28.3. The van der Waals surface area contributed by atoms with Crippen molar-refractivity contribution >= 4 is 26.5 Å². The summed E-state index contributed by atoms with van der Waals surface area (Å²) in [4.78, 5) is 0. The van der Waals surface area contributed by atoms with Gasteiger partial charge in [0, 0.05) is 13.1 Å². The van der Waals surface area contributed by atoms with E-state index in [2.05, 4.69) is 98.4 Å². The number of nitrogens with one attached hydrogen (secondary N) is 2. The molecule has 4 rings (SSSR count). The lowest BCUT2D eigenvalue weighted by atomic mass is 10.1. The zero-order valence-corrected chi connectivity index (χ0v) is 28.2. The number of benzene rings is 4. The van der Waals surface area contributed by atoms with Crippen LogP contribution in [0.4, 0.5) is 8.78 Å². The van der Waals surface area contributed by atoms with Crippen molar-refractivity contribution in [2.24, 2.45) is 0 Å². The molecule has 2 N–H and O–H groups in total. The van der Waals surface area contributed by atoms with Gasteiger partial charge in [-0.1, -0.05) is 122 Å². The van der Waals surface area contributed by atoms with Crippen molar-refractivity contribution in [2.75, 3.05) is 13.1 Å². The van der Waals surface area contributed by atoms with E-state index in [-0.39, 0.29) is 11.6 Å². The van der Waals surface area contributed by atoms with Crippen molar-refractivity contribution < 1.29 is 8.78 Å². The summed E-state index contributed by atoms with van der Waals surface area (Å²) in [6.07, 6.45) is 1.85. The zero-order valence-electron chi connectivity index (χ0n) is 26.2. The highest BCUT2D eigenvalue weighted by molar-refractivity contribution is 6.89. The fourth-order valence-corrected chi connectivity index (χ4v) is 6.81. The predicted molar refractivity (Wildman–Crippen MR) is 182 cm³/mol. The van der Waals surface area contributed by atoms with Gasteiger partial charge in [0.2, 0.25) is 0 Å². The topological polar surface area (TPSA) is 24.1 Å². The Morgan fingerprint density at radius 2 is 0.714 bits per heavy atom. The van der Waals surface area contributed by atoms with Crippen LogP contribution in [-0.4, -0.2) is 29.2 Å². The fraction of sp³-hybridized carbons (Fsp3) is 0.333. The minimum absolute atomic E-state index is 0.172. The molecule has 0 atom stereocenters. The number of hydrogen-bond acceptors (Lipinski definition) is 2. The van der Waals surface area contributed by atoms with Gasteiger partial charge in [-0.05, 0) is 72.5 Å². The molecule has 0 heterocycles. The summed E-state index contributed by atoms with van der Waals surface area (Å²) in [5.41, 5.74) is 4.96. The molecule has 0 bridgehead atoms. The third-order valence-electron chi connectivity index (χ3n) is 7.31. The Morgan fingerprint density at radius 3 is 1.00 bits per heavy atom. The van der Waals surface area contributed by atoms with Gasteiger partial charge in [0.05, 0.1) is 16.1 Å². The first-order valence-electron chi connectivity index (χ1n) is 15.0. The van der Waals surface area contributed by atoms with Crippen LogP contribution in [0.5, 0.6) is 0 Å². The third-order valence-corrected chi connectivity index (χ3v) is 11.4. The lowest BCUT2D eigenvalue weighted by Crippen LogP contribution is -2.37. The van der Waals surface area contributed by atoms with Crippen LogP contribution in [0.2, 0.25) is 39.3 Å². The van der Waals surface area contributed by atoms with E-state index in [0.29, 0.717) is 0 Å². The van der Waals surface area contributed by atoms with E-state index in [1.807, 2.05) is 24.3 Å². The second-order valence-electron chi connectivity index (χ2n) is 13.0. The lowest BCUT2D eigenvalue weighted by molar-refractivity contribution is 0.625. The van der Waals surface area contributed by atoms with Gasteiger partial charge in [0.25, 0.3) is 0 Å². The van der Waals surface area contributed by atoms with Crippen LogP contribution in [0.3, 0.4) is 0 Å². The van der Waals surface area contributed by atoms with Gasteiger partial charge in [0.1, 0.15) is 11.6 Å². The Hall–Kier alpha value is -2.91. The van der Waals surface area contributed by atoms with Gasteiger partial charge in [-0.25, -0.2) is 8.78 Å². The summed E-state index contributed by atoms with van der Waals surface area (Å²) >= 11 is 0. The molecule has 0 fully saturated rings. The van der Waals surface area contributed by atoms with Crippen LogP contribution in [0, 0.1) is 11.6 Å². The molecular formula is C36H48F2N2Si2. The smallest absolute Gasteiger partial charge is 0.123 e. The normalized spacial score (nSPS) is 11.6. The monoisotopic (exact) mass is 602 g/mol. The summed E-state index contributed by atoms with van der Waals surface area (Å²) in [6, 6.07) is 31.4. The predicted octanol–water partition coefficient (Wildman–Crippen LogP) is 7.41. The number of hydrogen-bond donors (Lipinski definition) is 2. The van der Waals surface area contributed by atoms with Crippen molar-refractivity contribution in [1.82, 2.24) is 10.6 Å². The van der Waals surface area contributed by atoms with Crippen LogP contribution in [0.1, 0.15) is 22.3 Å². The minimum Gasteiger partial charge on any atom is -0.312 e. The SMILES string of the molecule is C[Si](C)(C)c1ccc(CNCCc2ccc(F)cc2)cc1.C[Si](C)(C)c1ccc(CNCCc2ccc(F)cc2)cc1. The van der Waals surface area contributed by atoms with E-state index in [9.17, 15) is 8.78 Å². The van der Waals surface area contributed by atoms with Crippen molar-refractivity contribution in [3.8, 4) is 0 Å². The highest BCUT2D eigenvalue weighted by Crippen LogP contribution is 2.07. The third kappa shape index (κ3) is 12.1. The average molecular weight is 603 g/mol. The van der Waals surface area contributed by atoms with Gasteiger partial charge < -0.3 is 10.6 Å². The van der Waals surface area contributed by atoms with Crippen molar-refractivity contribution in [3.63, 3.8) is 0 Å². The Morgan fingerprint density at radius 1 is 0.429 bits per heavy atom. The Kier molecular flexibility index (Phi) is 12.9. The molecule has 224 valence electrons. The first-order chi connectivity index (χ1) is 19.9. The molecule has 4 aromatic rings. The highest BCUT2D eigenvalue weighted by Gasteiger charge is 2.16. The fourth-order valence-electron chi connectivity index (χ4n) is 4.48. The average Bonchev–Trinajstić information content (AvgIpc) is 2.95. The molecule has 0 radical (unpaired) electrons. The molecule has 4 aromatic carbocycles.